The molecule has 0 saturated heterocycles. The maximum Gasteiger partial charge on any atom is 0.338 e. The molecule has 0 aliphatic carbocycles. The maximum atomic E-state index is 12.7. The van der Waals surface area contributed by atoms with Gasteiger partial charge in [-0.25, -0.2) is 13.2 Å². The predicted molar refractivity (Wildman–Crippen MR) is 114 cm³/mol. The van der Waals surface area contributed by atoms with Crippen LogP contribution in [-0.4, -0.2) is 26.3 Å². The number of rotatable bonds is 7. The SMILES string of the molecule is C[C@H](OC(=O)c1cccc(S(=O)(=O)Nc2ccccc2Cl)c1)C(=O)c1ccccc1. The van der Waals surface area contributed by atoms with Gasteiger partial charge in [-0.1, -0.05) is 60.1 Å². The van der Waals surface area contributed by atoms with Crippen LogP contribution in [0.3, 0.4) is 0 Å². The minimum absolute atomic E-state index is 0.00439. The van der Waals surface area contributed by atoms with Crippen LogP contribution in [0, 0.1) is 0 Å². The zero-order chi connectivity index (χ0) is 21.7. The van der Waals surface area contributed by atoms with Gasteiger partial charge in [0.1, 0.15) is 0 Å². The van der Waals surface area contributed by atoms with Crippen LogP contribution in [0.15, 0.2) is 83.8 Å². The van der Waals surface area contributed by atoms with Crippen molar-refractivity contribution in [3.63, 3.8) is 0 Å². The van der Waals surface area contributed by atoms with E-state index in [0.717, 1.165) is 0 Å². The summed E-state index contributed by atoms with van der Waals surface area (Å²) in [6.07, 6.45) is -1.03. The van der Waals surface area contributed by atoms with Gasteiger partial charge in [0, 0.05) is 5.56 Å². The molecule has 3 aromatic rings. The molecule has 3 aromatic carbocycles. The summed E-state index contributed by atoms with van der Waals surface area (Å²) in [7, 11) is -3.99. The van der Waals surface area contributed by atoms with Crippen LogP contribution in [0.25, 0.3) is 0 Å². The number of esters is 1. The summed E-state index contributed by atoms with van der Waals surface area (Å²) < 4.78 is 33.0. The summed E-state index contributed by atoms with van der Waals surface area (Å²) >= 11 is 6.00. The Morgan fingerprint density at radius 3 is 2.23 bits per heavy atom. The Kier molecular flexibility index (Phi) is 6.54. The molecule has 1 N–H and O–H groups in total. The Balaban J connectivity index is 1.76. The van der Waals surface area contributed by atoms with Gasteiger partial charge < -0.3 is 4.74 Å². The lowest BCUT2D eigenvalue weighted by Gasteiger charge is -2.13. The monoisotopic (exact) mass is 443 g/mol. The molecule has 0 bridgehead atoms. The Morgan fingerprint density at radius 2 is 1.53 bits per heavy atom. The van der Waals surface area contributed by atoms with Crippen molar-refractivity contribution in [2.75, 3.05) is 4.72 Å². The fourth-order valence-corrected chi connectivity index (χ4v) is 4.02. The minimum Gasteiger partial charge on any atom is -0.451 e. The summed E-state index contributed by atoms with van der Waals surface area (Å²) in [6, 6.07) is 20.2. The molecule has 0 radical (unpaired) electrons. The van der Waals surface area contributed by atoms with E-state index < -0.39 is 22.1 Å². The van der Waals surface area contributed by atoms with E-state index in [2.05, 4.69) is 4.72 Å². The van der Waals surface area contributed by atoms with Crippen molar-refractivity contribution >= 4 is 39.1 Å². The molecule has 0 saturated carbocycles. The molecule has 8 heteroatoms. The first-order valence-corrected chi connectivity index (χ1v) is 10.8. The third-order valence-electron chi connectivity index (χ3n) is 4.21. The van der Waals surface area contributed by atoms with E-state index in [1.807, 2.05) is 0 Å². The first-order valence-electron chi connectivity index (χ1n) is 8.95. The van der Waals surface area contributed by atoms with Crippen molar-refractivity contribution in [2.24, 2.45) is 0 Å². The number of para-hydroxylation sites is 1. The van der Waals surface area contributed by atoms with E-state index in [1.54, 1.807) is 48.5 Å². The highest BCUT2D eigenvalue weighted by Gasteiger charge is 2.22. The minimum atomic E-state index is -3.99. The lowest BCUT2D eigenvalue weighted by atomic mass is 10.1. The average molecular weight is 444 g/mol. The van der Waals surface area contributed by atoms with Crippen LogP contribution in [0.2, 0.25) is 5.02 Å². The average Bonchev–Trinajstić information content (AvgIpc) is 2.75. The number of hydrogen-bond acceptors (Lipinski definition) is 5. The Bertz CT molecular complexity index is 1180. The van der Waals surface area contributed by atoms with E-state index in [0.29, 0.717) is 5.56 Å². The molecule has 0 unspecified atom stereocenters. The van der Waals surface area contributed by atoms with Crippen molar-refractivity contribution in [3.8, 4) is 0 Å². The van der Waals surface area contributed by atoms with Crippen LogP contribution in [0.5, 0.6) is 0 Å². The van der Waals surface area contributed by atoms with Gasteiger partial charge >= 0.3 is 5.97 Å². The molecule has 3 rings (SSSR count). The number of Topliss-reactive ketones (excluding diaryl/α,β-unsaturated/α-hetero) is 1. The predicted octanol–water partition coefficient (Wildman–Crippen LogP) is 4.57. The van der Waals surface area contributed by atoms with Gasteiger partial charge in [0.2, 0.25) is 5.78 Å². The van der Waals surface area contributed by atoms with Crippen LogP contribution < -0.4 is 4.72 Å². The summed E-state index contributed by atoms with van der Waals surface area (Å²) in [4.78, 5) is 24.7. The van der Waals surface area contributed by atoms with E-state index in [1.165, 1.54) is 37.3 Å². The van der Waals surface area contributed by atoms with Gasteiger partial charge in [-0.3, -0.25) is 9.52 Å². The molecule has 0 aliphatic rings. The van der Waals surface area contributed by atoms with Gasteiger partial charge in [0.05, 0.1) is 21.2 Å². The lowest BCUT2D eigenvalue weighted by molar-refractivity contribution is 0.0318. The molecular formula is C22H18ClNO5S. The van der Waals surface area contributed by atoms with E-state index in [4.69, 9.17) is 16.3 Å². The van der Waals surface area contributed by atoms with Gasteiger partial charge in [-0.15, -0.1) is 0 Å². The number of carbonyl (C=O) groups excluding carboxylic acids is 2. The topological polar surface area (TPSA) is 89.5 Å². The molecule has 0 heterocycles. The van der Waals surface area contributed by atoms with Gasteiger partial charge in [-0.05, 0) is 37.3 Å². The first kappa shape index (κ1) is 21.5. The fraction of sp³-hybridized carbons (Fsp3) is 0.0909. The fourth-order valence-electron chi connectivity index (χ4n) is 2.66. The molecule has 154 valence electrons. The number of sulfonamides is 1. The second-order valence-corrected chi connectivity index (χ2v) is 8.48. The number of ether oxygens (including phenoxy) is 1. The molecule has 0 aliphatic heterocycles. The van der Waals surface area contributed by atoms with Gasteiger partial charge in [-0.2, -0.15) is 0 Å². The highest BCUT2D eigenvalue weighted by Crippen LogP contribution is 2.24. The standard InChI is InChI=1S/C22H18ClNO5S/c1-15(21(25)16-8-3-2-4-9-16)29-22(26)17-10-7-11-18(14-17)30(27,28)24-20-13-6-5-12-19(20)23/h2-15,24H,1H3/t15-/m0/s1. The summed E-state index contributed by atoms with van der Waals surface area (Å²) in [5.74, 6) is -1.16. The Labute approximate surface area is 179 Å². The number of nitrogens with one attached hydrogen (secondary N) is 1. The Morgan fingerprint density at radius 1 is 0.900 bits per heavy atom. The lowest BCUT2D eigenvalue weighted by Crippen LogP contribution is -2.24. The van der Waals surface area contributed by atoms with Crippen molar-refractivity contribution in [1.82, 2.24) is 0 Å². The molecule has 0 spiro atoms. The molecule has 6 nitrogen and oxygen atoms in total. The van der Waals surface area contributed by atoms with Gasteiger partial charge in [0.25, 0.3) is 10.0 Å². The van der Waals surface area contributed by atoms with Crippen LogP contribution in [0.4, 0.5) is 5.69 Å². The number of hydrogen-bond donors (Lipinski definition) is 1. The van der Waals surface area contributed by atoms with Crippen LogP contribution in [-0.2, 0) is 14.8 Å². The molecular weight excluding hydrogens is 426 g/mol. The number of carbonyl (C=O) groups is 2. The highest BCUT2D eigenvalue weighted by molar-refractivity contribution is 7.92. The van der Waals surface area contributed by atoms with Crippen LogP contribution >= 0.6 is 11.6 Å². The molecule has 0 aromatic heterocycles. The highest BCUT2D eigenvalue weighted by atomic mass is 35.5. The molecule has 1 atom stereocenters. The molecule has 0 amide bonds. The van der Waals surface area contributed by atoms with E-state index in [-0.39, 0.29) is 27.0 Å². The normalized spacial score (nSPS) is 12.1. The third kappa shape index (κ3) is 5.06. The zero-order valence-electron chi connectivity index (χ0n) is 15.9. The Hall–Kier alpha value is -3.16. The maximum absolute atomic E-state index is 12.7. The zero-order valence-corrected chi connectivity index (χ0v) is 17.5. The number of ketones is 1. The van der Waals surface area contributed by atoms with Crippen LogP contribution in [0.1, 0.15) is 27.6 Å². The van der Waals surface area contributed by atoms with E-state index in [9.17, 15) is 18.0 Å². The second kappa shape index (κ2) is 9.11. The van der Waals surface area contributed by atoms with Crippen molar-refractivity contribution in [2.45, 2.75) is 17.9 Å². The summed E-state index contributed by atoms with van der Waals surface area (Å²) in [5.41, 5.74) is 0.636. The largest absolute Gasteiger partial charge is 0.451 e. The van der Waals surface area contributed by atoms with Gasteiger partial charge in [0.15, 0.2) is 6.10 Å². The van der Waals surface area contributed by atoms with Crippen molar-refractivity contribution in [1.29, 1.82) is 0 Å². The number of halogens is 1. The quantitative estimate of drug-likeness (QED) is 0.426. The second-order valence-electron chi connectivity index (χ2n) is 6.39. The third-order valence-corrected chi connectivity index (χ3v) is 5.90. The number of anilines is 1. The smallest absolute Gasteiger partial charge is 0.338 e. The summed E-state index contributed by atoms with van der Waals surface area (Å²) in [5, 5.41) is 0.241. The molecule has 0 fully saturated rings. The van der Waals surface area contributed by atoms with E-state index >= 15 is 0 Å². The number of benzene rings is 3. The first-order chi connectivity index (χ1) is 14.3. The summed E-state index contributed by atoms with van der Waals surface area (Å²) in [6.45, 7) is 1.47. The van der Waals surface area contributed by atoms with Crippen molar-refractivity contribution in [3.05, 3.63) is 95.0 Å². The molecule has 30 heavy (non-hydrogen) atoms. The van der Waals surface area contributed by atoms with Crippen molar-refractivity contribution < 1.29 is 22.7 Å².